The molecule has 0 atom stereocenters. The fraction of sp³-hybridized carbons (Fsp3) is 0. The van der Waals surface area contributed by atoms with E-state index in [1.54, 1.807) is 0 Å². The summed E-state index contributed by atoms with van der Waals surface area (Å²) in [5.41, 5.74) is -1.20. The minimum absolute atomic E-state index is 0.300. The maximum absolute atomic E-state index is 13.0. The van der Waals surface area contributed by atoms with E-state index in [2.05, 4.69) is 15.9 Å². The summed E-state index contributed by atoms with van der Waals surface area (Å²) in [5.74, 6) is -7.76. The Labute approximate surface area is 90.3 Å². The number of carboxylic acid groups (broad SMARTS) is 1. The molecule has 0 amide bonds. The van der Waals surface area contributed by atoms with Crippen molar-refractivity contribution in [2.24, 2.45) is 0 Å². The number of Topliss-reactive ketones (excluding diaryl/α,β-unsaturated/α-hetero) is 1. The van der Waals surface area contributed by atoms with Gasteiger partial charge < -0.3 is 10.2 Å². The molecule has 0 aliphatic heterocycles. The summed E-state index contributed by atoms with van der Waals surface area (Å²) in [6.45, 7) is 0. The molecule has 0 aliphatic carbocycles. The average Bonchev–Trinajstić information content (AvgIpc) is 2.15. The monoisotopic (exact) mass is 280 g/mol. The number of carbonyl (C=O) groups is 2. The van der Waals surface area contributed by atoms with Gasteiger partial charge in [-0.25, -0.2) is 13.6 Å². The van der Waals surface area contributed by atoms with E-state index in [0.717, 1.165) is 0 Å². The predicted molar refractivity (Wildman–Crippen MR) is 47.7 cm³/mol. The van der Waals surface area contributed by atoms with Crippen LogP contribution in [-0.4, -0.2) is 22.0 Å². The number of phenols is 1. The molecule has 0 unspecified atom stereocenters. The zero-order valence-electron chi connectivity index (χ0n) is 6.92. The molecular weight excluding hydrogens is 278 g/mol. The topological polar surface area (TPSA) is 74.6 Å². The van der Waals surface area contributed by atoms with Gasteiger partial charge in [0.2, 0.25) is 0 Å². The van der Waals surface area contributed by atoms with Crippen LogP contribution >= 0.6 is 15.9 Å². The van der Waals surface area contributed by atoms with Crippen molar-refractivity contribution in [1.29, 1.82) is 0 Å². The van der Waals surface area contributed by atoms with Crippen molar-refractivity contribution in [2.75, 3.05) is 0 Å². The Hall–Kier alpha value is -1.50. The fourth-order valence-corrected chi connectivity index (χ4v) is 1.30. The molecule has 0 heterocycles. The van der Waals surface area contributed by atoms with Gasteiger partial charge in [0.05, 0.1) is 4.47 Å². The second kappa shape index (κ2) is 3.93. The molecule has 80 valence electrons. The Morgan fingerprint density at radius 1 is 1.33 bits per heavy atom. The standard InChI is InChI=1S/C8H3BrF2O4/c9-2-1-3(10)5(11)4(6(2)12)7(13)8(14)15/h1,12H,(H,14,15). The second-order valence-corrected chi connectivity index (χ2v) is 3.37. The van der Waals surface area contributed by atoms with Gasteiger partial charge in [-0.2, -0.15) is 0 Å². The minimum Gasteiger partial charge on any atom is -0.506 e. The molecule has 0 aromatic heterocycles. The number of phenolic OH excluding ortho intramolecular Hbond substituents is 1. The van der Waals surface area contributed by atoms with Gasteiger partial charge in [-0.15, -0.1) is 0 Å². The van der Waals surface area contributed by atoms with Crippen molar-refractivity contribution in [3.05, 3.63) is 27.7 Å². The number of carboxylic acids is 1. The SMILES string of the molecule is O=C(O)C(=O)c1c(O)c(Br)cc(F)c1F. The third kappa shape index (κ3) is 1.96. The molecule has 2 N–H and O–H groups in total. The first kappa shape index (κ1) is 11.6. The third-order valence-electron chi connectivity index (χ3n) is 1.57. The van der Waals surface area contributed by atoms with Crippen molar-refractivity contribution >= 4 is 27.7 Å². The van der Waals surface area contributed by atoms with Crippen LogP contribution in [0.25, 0.3) is 0 Å². The molecular formula is C8H3BrF2O4. The lowest BCUT2D eigenvalue weighted by Crippen LogP contribution is -2.15. The van der Waals surface area contributed by atoms with Crippen LogP contribution in [0.15, 0.2) is 10.5 Å². The Kier molecular flexibility index (Phi) is 3.04. The number of halogens is 3. The maximum atomic E-state index is 13.0. The molecule has 1 aromatic carbocycles. The van der Waals surface area contributed by atoms with Crippen molar-refractivity contribution in [3.63, 3.8) is 0 Å². The number of aliphatic carboxylic acids is 1. The highest BCUT2D eigenvalue weighted by molar-refractivity contribution is 9.10. The molecule has 1 aromatic rings. The molecule has 0 bridgehead atoms. The van der Waals surface area contributed by atoms with Gasteiger partial charge in [0, 0.05) is 0 Å². The molecule has 0 aliphatic rings. The fourth-order valence-electron chi connectivity index (χ4n) is 0.900. The molecule has 0 fully saturated rings. The van der Waals surface area contributed by atoms with Gasteiger partial charge >= 0.3 is 5.97 Å². The number of ketones is 1. The first-order valence-corrected chi connectivity index (χ1v) is 4.29. The molecule has 15 heavy (non-hydrogen) atoms. The van der Waals surface area contributed by atoms with E-state index in [4.69, 9.17) is 5.11 Å². The number of carbonyl (C=O) groups excluding carboxylic acids is 1. The van der Waals surface area contributed by atoms with Crippen LogP contribution in [0.4, 0.5) is 8.78 Å². The van der Waals surface area contributed by atoms with Crippen LogP contribution in [0.3, 0.4) is 0 Å². The predicted octanol–water partition coefficient (Wildman–Crippen LogP) is 1.70. The summed E-state index contributed by atoms with van der Waals surface area (Å²) in [7, 11) is 0. The lowest BCUT2D eigenvalue weighted by atomic mass is 10.1. The van der Waals surface area contributed by atoms with Crippen molar-refractivity contribution < 1.29 is 28.6 Å². The summed E-state index contributed by atoms with van der Waals surface area (Å²) < 4.78 is 25.5. The van der Waals surface area contributed by atoms with E-state index >= 15 is 0 Å². The zero-order chi connectivity index (χ0) is 11.7. The Morgan fingerprint density at radius 2 is 1.87 bits per heavy atom. The smallest absolute Gasteiger partial charge is 0.377 e. The first-order valence-electron chi connectivity index (χ1n) is 3.50. The molecule has 0 saturated carbocycles. The van der Waals surface area contributed by atoms with E-state index in [0.29, 0.717) is 6.07 Å². The van der Waals surface area contributed by atoms with Gasteiger partial charge in [0.15, 0.2) is 11.6 Å². The Morgan fingerprint density at radius 3 is 2.33 bits per heavy atom. The lowest BCUT2D eigenvalue weighted by molar-refractivity contribution is -0.131. The maximum Gasteiger partial charge on any atom is 0.377 e. The Balaban J connectivity index is 3.53. The molecule has 0 radical (unpaired) electrons. The molecule has 4 nitrogen and oxygen atoms in total. The largest absolute Gasteiger partial charge is 0.506 e. The molecule has 1 rings (SSSR count). The van der Waals surface area contributed by atoms with Gasteiger partial charge in [-0.05, 0) is 22.0 Å². The van der Waals surface area contributed by atoms with Crippen LogP contribution in [-0.2, 0) is 4.79 Å². The number of hydrogen-bond acceptors (Lipinski definition) is 3. The van der Waals surface area contributed by atoms with Crippen LogP contribution in [0.1, 0.15) is 10.4 Å². The summed E-state index contributed by atoms with van der Waals surface area (Å²) in [4.78, 5) is 21.2. The highest BCUT2D eigenvalue weighted by Gasteiger charge is 2.27. The second-order valence-electron chi connectivity index (χ2n) is 2.51. The highest BCUT2D eigenvalue weighted by atomic mass is 79.9. The van der Waals surface area contributed by atoms with E-state index in [9.17, 15) is 23.5 Å². The normalized spacial score (nSPS) is 10.1. The summed E-state index contributed by atoms with van der Waals surface area (Å²) in [6.07, 6.45) is 0. The summed E-state index contributed by atoms with van der Waals surface area (Å²) >= 11 is 2.65. The number of rotatable bonds is 2. The number of benzene rings is 1. The van der Waals surface area contributed by atoms with Crippen molar-refractivity contribution in [3.8, 4) is 5.75 Å². The Bertz CT molecular complexity index is 432. The van der Waals surface area contributed by atoms with Crippen LogP contribution in [0.5, 0.6) is 5.75 Å². The summed E-state index contributed by atoms with van der Waals surface area (Å²) in [5, 5.41) is 17.5. The number of aromatic hydroxyl groups is 1. The molecule has 7 heteroatoms. The van der Waals surface area contributed by atoms with Crippen molar-refractivity contribution in [1.82, 2.24) is 0 Å². The summed E-state index contributed by atoms with van der Waals surface area (Å²) in [6, 6.07) is 0.587. The lowest BCUT2D eigenvalue weighted by Gasteiger charge is -2.05. The van der Waals surface area contributed by atoms with Gasteiger partial charge in [0.25, 0.3) is 5.78 Å². The molecule has 0 saturated heterocycles. The van der Waals surface area contributed by atoms with Crippen LogP contribution < -0.4 is 0 Å². The number of hydrogen-bond donors (Lipinski definition) is 2. The van der Waals surface area contributed by atoms with Gasteiger partial charge in [-0.1, -0.05) is 0 Å². The quantitative estimate of drug-likeness (QED) is 0.491. The van der Waals surface area contributed by atoms with Gasteiger partial charge in [0.1, 0.15) is 11.3 Å². The minimum atomic E-state index is -1.98. The average molecular weight is 281 g/mol. The zero-order valence-corrected chi connectivity index (χ0v) is 8.51. The highest BCUT2D eigenvalue weighted by Crippen LogP contribution is 2.31. The van der Waals surface area contributed by atoms with Crippen LogP contribution in [0.2, 0.25) is 0 Å². The van der Waals surface area contributed by atoms with Gasteiger partial charge in [-0.3, -0.25) is 4.79 Å². The van der Waals surface area contributed by atoms with Crippen molar-refractivity contribution in [2.45, 2.75) is 0 Å². The van der Waals surface area contributed by atoms with E-state index < -0.39 is 34.7 Å². The van der Waals surface area contributed by atoms with Crippen LogP contribution in [0, 0.1) is 11.6 Å². The van der Waals surface area contributed by atoms with E-state index in [1.807, 2.05) is 0 Å². The van der Waals surface area contributed by atoms with E-state index in [1.165, 1.54) is 0 Å². The van der Waals surface area contributed by atoms with E-state index in [-0.39, 0.29) is 4.47 Å². The first-order chi connectivity index (χ1) is 6.86. The third-order valence-corrected chi connectivity index (χ3v) is 2.17. The molecule has 0 spiro atoms.